The lowest BCUT2D eigenvalue weighted by atomic mass is 10.1. The van der Waals surface area contributed by atoms with Crippen molar-refractivity contribution >= 4 is 23.2 Å². The molecule has 2 amide bonds. The van der Waals surface area contributed by atoms with E-state index in [1.165, 1.54) is 11.3 Å². The van der Waals surface area contributed by atoms with Crippen LogP contribution < -0.4 is 10.2 Å². The topological polar surface area (TPSA) is 84.6 Å². The zero-order valence-corrected chi connectivity index (χ0v) is 18.1. The number of aromatic nitrogens is 1. The molecule has 0 atom stereocenters. The number of carbonyl (C=O) groups excluding carboxylic acids is 2. The molecule has 8 heteroatoms. The van der Waals surface area contributed by atoms with Crippen molar-refractivity contribution in [3.8, 4) is 0 Å². The number of benzene rings is 1. The summed E-state index contributed by atoms with van der Waals surface area (Å²) in [6.07, 6.45) is 1.79. The highest BCUT2D eigenvalue weighted by Gasteiger charge is 2.18. The number of aryl methyl sites for hydroxylation is 1. The van der Waals surface area contributed by atoms with Crippen molar-refractivity contribution in [2.24, 2.45) is 0 Å². The van der Waals surface area contributed by atoms with E-state index in [2.05, 4.69) is 5.32 Å². The van der Waals surface area contributed by atoms with Gasteiger partial charge in [-0.25, -0.2) is 0 Å². The lowest BCUT2D eigenvalue weighted by molar-refractivity contribution is -0.133. The largest absolute Gasteiger partial charge is 0.467 e. The molecule has 30 heavy (non-hydrogen) atoms. The SMILES string of the molecule is CNC(=O)c1ccc(CN(Cc2ccco2)C(=O)CCn2c(C)c(C)sc2=O)cc1. The molecule has 158 valence electrons. The quantitative estimate of drug-likeness (QED) is 0.599. The summed E-state index contributed by atoms with van der Waals surface area (Å²) >= 11 is 1.20. The fourth-order valence-corrected chi connectivity index (χ4v) is 4.02. The van der Waals surface area contributed by atoms with Gasteiger partial charge in [-0.05, 0) is 43.7 Å². The summed E-state index contributed by atoms with van der Waals surface area (Å²) in [4.78, 5) is 39.5. The van der Waals surface area contributed by atoms with Crippen molar-refractivity contribution in [3.63, 3.8) is 0 Å². The molecule has 2 heterocycles. The van der Waals surface area contributed by atoms with E-state index in [1.807, 2.05) is 32.0 Å². The number of furan rings is 1. The average Bonchev–Trinajstić information content (AvgIpc) is 3.34. The molecule has 0 aliphatic heterocycles. The molecule has 0 aliphatic rings. The van der Waals surface area contributed by atoms with Crippen LogP contribution in [0.15, 0.2) is 51.9 Å². The first kappa shape index (κ1) is 21.6. The second-order valence-corrected chi connectivity index (χ2v) is 8.18. The fraction of sp³-hybridized carbons (Fsp3) is 0.318. The van der Waals surface area contributed by atoms with E-state index >= 15 is 0 Å². The first-order valence-corrected chi connectivity index (χ1v) is 10.5. The van der Waals surface area contributed by atoms with E-state index < -0.39 is 0 Å². The summed E-state index contributed by atoms with van der Waals surface area (Å²) in [6.45, 7) is 4.86. The number of rotatable bonds is 8. The van der Waals surface area contributed by atoms with Crippen LogP contribution in [0.4, 0.5) is 0 Å². The molecule has 1 aromatic carbocycles. The number of nitrogens with zero attached hydrogens (tertiary/aromatic N) is 2. The molecule has 0 saturated heterocycles. The Labute approximate surface area is 178 Å². The summed E-state index contributed by atoms with van der Waals surface area (Å²) in [6, 6.07) is 10.8. The molecule has 7 nitrogen and oxygen atoms in total. The minimum absolute atomic E-state index is 0.0415. The second-order valence-electron chi connectivity index (χ2n) is 7.02. The normalized spacial score (nSPS) is 10.8. The molecule has 0 radical (unpaired) electrons. The summed E-state index contributed by atoms with van der Waals surface area (Å²) in [7, 11) is 1.59. The molecular weight excluding hydrogens is 402 g/mol. The Balaban J connectivity index is 1.73. The Morgan fingerprint density at radius 2 is 1.87 bits per heavy atom. The van der Waals surface area contributed by atoms with Gasteiger partial charge in [0.05, 0.1) is 12.8 Å². The van der Waals surface area contributed by atoms with Gasteiger partial charge in [0.2, 0.25) is 5.91 Å². The number of hydrogen-bond donors (Lipinski definition) is 1. The van der Waals surface area contributed by atoms with Gasteiger partial charge < -0.3 is 19.2 Å². The third-order valence-electron chi connectivity index (χ3n) is 5.02. The minimum atomic E-state index is -0.156. The van der Waals surface area contributed by atoms with E-state index in [9.17, 15) is 14.4 Å². The predicted octanol–water partition coefficient (Wildman–Crippen LogP) is 3.10. The molecule has 0 spiro atoms. The van der Waals surface area contributed by atoms with E-state index in [0.29, 0.717) is 31.0 Å². The first-order valence-electron chi connectivity index (χ1n) is 9.67. The van der Waals surface area contributed by atoms with Gasteiger partial charge >= 0.3 is 4.87 Å². The summed E-state index contributed by atoms with van der Waals surface area (Å²) in [5.74, 6) is 0.457. The van der Waals surface area contributed by atoms with Crippen molar-refractivity contribution in [2.45, 2.75) is 39.9 Å². The predicted molar refractivity (Wildman–Crippen MR) is 115 cm³/mol. The molecule has 3 rings (SSSR count). The van der Waals surface area contributed by atoms with Crippen molar-refractivity contribution in [1.82, 2.24) is 14.8 Å². The smallest absolute Gasteiger partial charge is 0.307 e. The van der Waals surface area contributed by atoms with Gasteiger partial charge in [0.25, 0.3) is 5.91 Å². The molecule has 0 fully saturated rings. The number of amides is 2. The molecule has 1 N–H and O–H groups in total. The molecule has 0 saturated carbocycles. The number of thiazole rings is 1. The van der Waals surface area contributed by atoms with Crippen LogP contribution >= 0.6 is 11.3 Å². The van der Waals surface area contributed by atoms with Crippen LogP contribution in [0.1, 0.15) is 38.7 Å². The maximum atomic E-state index is 13.0. The van der Waals surface area contributed by atoms with Gasteiger partial charge in [0, 0.05) is 42.7 Å². The minimum Gasteiger partial charge on any atom is -0.467 e. The average molecular weight is 428 g/mol. The van der Waals surface area contributed by atoms with Crippen LogP contribution in [0.2, 0.25) is 0 Å². The molecule has 0 aliphatic carbocycles. The van der Waals surface area contributed by atoms with E-state index in [0.717, 1.165) is 16.1 Å². The highest BCUT2D eigenvalue weighted by Crippen LogP contribution is 2.15. The van der Waals surface area contributed by atoms with Crippen molar-refractivity contribution in [2.75, 3.05) is 7.05 Å². The van der Waals surface area contributed by atoms with E-state index in [-0.39, 0.29) is 23.1 Å². The Kier molecular flexibility index (Phi) is 6.89. The maximum absolute atomic E-state index is 13.0. The Morgan fingerprint density at radius 1 is 1.13 bits per heavy atom. The van der Waals surface area contributed by atoms with Crippen LogP contribution in [0, 0.1) is 13.8 Å². The van der Waals surface area contributed by atoms with E-state index in [1.54, 1.807) is 41.0 Å². The summed E-state index contributed by atoms with van der Waals surface area (Å²) < 4.78 is 7.07. The van der Waals surface area contributed by atoms with Crippen molar-refractivity contribution < 1.29 is 14.0 Å². The highest BCUT2D eigenvalue weighted by molar-refractivity contribution is 7.09. The molecular formula is C22H25N3O4S. The van der Waals surface area contributed by atoms with Gasteiger partial charge in [-0.2, -0.15) is 0 Å². The number of nitrogens with one attached hydrogen (secondary N) is 1. The van der Waals surface area contributed by atoms with Crippen LogP contribution in [-0.2, 0) is 24.4 Å². The van der Waals surface area contributed by atoms with Crippen LogP contribution in [0.3, 0.4) is 0 Å². The van der Waals surface area contributed by atoms with Gasteiger partial charge in [-0.15, -0.1) is 0 Å². The number of carbonyl (C=O) groups is 2. The fourth-order valence-electron chi connectivity index (χ4n) is 3.16. The molecule has 0 bridgehead atoms. The zero-order chi connectivity index (χ0) is 21.7. The standard InChI is InChI=1S/C22H25N3O4S/c1-15-16(2)30-22(28)25(15)11-10-20(26)24(14-19-5-4-12-29-19)13-17-6-8-18(9-7-17)21(27)23-3/h4-9,12H,10-11,13-14H2,1-3H3,(H,23,27). The van der Waals surface area contributed by atoms with Crippen molar-refractivity contribution in [3.05, 3.63) is 79.8 Å². The Morgan fingerprint density at radius 3 is 2.43 bits per heavy atom. The highest BCUT2D eigenvalue weighted by atomic mass is 32.1. The lowest BCUT2D eigenvalue weighted by Gasteiger charge is -2.22. The Bertz CT molecular complexity index is 1070. The van der Waals surface area contributed by atoms with Gasteiger partial charge in [-0.3, -0.25) is 14.4 Å². The Hall–Kier alpha value is -3.13. The molecule has 2 aromatic heterocycles. The second kappa shape index (κ2) is 9.58. The van der Waals surface area contributed by atoms with Gasteiger partial charge in [-0.1, -0.05) is 23.5 Å². The van der Waals surface area contributed by atoms with Crippen molar-refractivity contribution in [1.29, 1.82) is 0 Å². The monoisotopic (exact) mass is 427 g/mol. The molecule has 0 unspecified atom stereocenters. The third kappa shape index (κ3) is 5.07. The number of hydrogen-bond acceptors (Lipinski definition) is 5. The van der Waals surface area contributed by atoms with Crippen LogP contribution in [-0.4, -0.2) is 28.3 Å². The third-order valence-corrected chi connectivity index (χ3v) is 6.02. The van der Waals surface area contributed by atoms with Gasteiger partial charge in [0.15, 0.2) is 0 Å². The molecule has 3 aromatic rings. The van der Waals surface area contributed by atoms with E-state index in [4.69, 9.17) is 4.42 Å². The lowest BCUT2D eigenvalue weighted by Crippen LogP contribution is -2.31. The van der Waals surface area contributed by atoms with Crippen LogP contribution in [0.25, 0.3) is 0 Å². The first-order chi connectivity index (χ1) is 14.4. The summed E-state index contributed by atoms with van der Waals surface area (Å²) in [5, 5.41) is 2.59. The zero-order valence-electron chi connectivity index (χ0n) is 17.3. The summed E-state index contributed by atoms with van der Waals surface area (Å²) in [5.41, 5.74) is 2.37. The van der Waals surface area contributed by atoms with Gasteiger partial charge in [0.1, 0.15) is 5.76 Å². The van der Waals surface area contributed by atoms with Crippen LogP contribution in [0.5, 0.6) is 0 Å². The maximum Gasteiger partial charge on any atom is 0.307 e.